The van der Waals surface area contributed by atoms with Crippen molar-refractivity contribution in [3.8, 4) is 0 Å². The van der Waals surface area contributed by atoms with Crippen LogP contribution in [0.4, 0.5) is 0 Å². The first-order chi connectivity index (χ1) is 8.39. The van der Waals surface area contributed by atoms with E-state index in [9.17, 15) is 8.42 Å². The second-order valence-corrected chi connectivity index (χ2v) is 7.91. The highest BCUT2D eigenvalue weighted by Gasteiger charge is 2.10. The van der Waals surface area contributed by atoms with Crippen molar-refractivity contribution in [3.63, 3.8) is 0 Å². The van der Waals surface area contributed by atoms with Gasteiger partial charge in [0.2, 0.25) is 10.0 Å². The molecule has 0 atom stereocenters. The largest absolute Gasteiger partial charge is 0.314 e. The fourth-order valence-corrected chi connectivity index (χ4v) is 3.45. The lowest BCUT2D eigenvalue weighted by atomic mass is 10.4. The maximum absolute atomic E-state index is 11.7. The second-order valence-electron chi connectivity index (χ2n) is 4.61. The predicted octanol–water partition coefficient (Wildman–Crippen LogP) is 1.86. The summed E-state index contributed by atoms with van der Waals surface area (Å²) in [5.74, 6) is 0.178. The maximum atomic E-state index is 11.7. The third kappa shape index (κ3) is 6.49. The molecule has 0 fully saturated rings. The molecule has 6 heteroatoms. The molecule has 0 aromatic carbocycles. The van der Waals surface area contributed by atoms with E-state index in [1.54, 1.807) is 11.3 Å². The van der Waals surface area contributed by atoms with Crippen LogP contribution in [0.5, 0.6) is 0 Å². The van der Waals surface area contributed by atoms with Crippen LogP contribution in [0, 0.1) is 6.92 Å². The van der Waals surface area contributed by atoms with Gasteiger partial charge in [-0.1, -0.05) is 13.8 Å². The van der Waals surface area contributed by atoms with Crippen LogP contribution in [0.3, 0.4) is 0 Å². The summed E-state index contributed by atoms with van der Waals surface area (Å²) in [4.78, 5) is 2.25. The molecule has 18 heavy (non-hydrogen) atoms. The highest BCUT2D eigenvalue weighted by molar-refractivity contribution is 7.89. The van der Waals surface area contributed by atoms with Gasteiger partial charge in [0.1, 0.15) is 0 Å². The number of aryl methyl sites for hydroxylation is 1. The zero-order chi connectivity index (χ0) is 13.6. The van der Waals surface area contributed by atoms with Gasteiger partial charge in [0.25, 0.3) is 0 Å². The molecule has 0 saturated heterocycles. The third-order valence-corrected chi connectivity index (χ3v) is 4.82. The van der Waals surface area contributed by atoms with E-state index in [4.69, 9.17) is 0 Å². The van der Waals surface area contributed by atoms with Crippen molar-refractivity contribution in [3.05, 3.63) is 21.9 Å². The fraction of sp³-hybridized carbons (Fsp3) is 0.667. The molecular weight excluding hydrogens is 268 g/mol. The van der Waals surface area contributed by atoms with E-state index in [1.807, 2.05) is 32.9 Å². The lowest BCUT2D eigenvalue weighted by molar-refractivity contribution is 0.561. The number of hydrogen-bond donors (Lipinski definition) is 2. The van der Waals surface area contributed by atoms with Crippen molar-refractivity contribution in [1.29, 1.82) is 0 Å². The lowest BCUT2D eigenvalue weighted by Gasteiger charge is -2.08. The van der Waals surface area contributed by atoms with Crippen molar-refractivity contribution in [2.24, 2.45) is 0 Å². The van der Waals surface area contributed by atoms with Crippen LogP contribution in [-0.2, 0) is 16.6 Å². The smallest absolute Gasteiger partial charge is 0.211 e. The number of hydrogen-bond acceptors (Lipinski definition) is 4. The van der Waals surface area contributed by atoms with Gasteiger partial charge in [0, 0.05) is 22.3 Å². The van der Waals surface area contributed by atoms with E-state index in [1.165, 1.54) is 4.88 Å². The Morgan fingerprint density at radius 1 is 1.33 bits per heavy atom. The summed E-state index contributed by atoms with van der Waals surface area (Å²) < 4.78 is 26.1. The minimum absolute atomic E-state index is 0.178. The minimum atomic E-state index is -3.15. The van der Waals surface area contributed by atoms with Crippen molar-refractivity contribution >= 4 is 21.4 Å². The average molecular weight is 290 g/mol. The molecule has 104 valence electrons. The highest BCUT2D eigenvalue weighted by atomic mass is 32.2. The van der Waals surface area contributed by atoms with Gasteiger partial charge in [-0.2, -0.15) is 0 Å². The normalized spacial score (nSPS) is 12.2. The molecule has 0 amide bonds. The first kappa shape index (κ1) is 15.6. The highest BCUT2D eigenvalue weighted by Crippen LogP contribution is 2.14. The lowest BCUT2D eigenvalue weighted by Crippen LogP contribution is -2.29. The summed E-state index contributed by atoms with van der Waals surface area (Å²) >= 11 is 1.62. The number of thiophene rings is 1. The first-order valence-corrected chi connectivity index (χ1v) is 8.62. The summed E-state index contributed by atoms with van der Waals surface area (Å²) in [6.07, 6.45) is 0.636. The van der Waals surface area contributed by atoms with Gasteiger partial charge in [-0.15, -0.1) is 11.3 Å². The van der Waals surface area contributed by atoms with Gasteiger partial charge in [-0.25, -0.2) is 13.1 Å². The Hall–Kier alpha value is -0.430. The molecule has 1 heterocycles. The Labute approximate surface area is 114 Å². The Balaban J connectivity index is 2.27. The standard InChI is InChI=1S/C12H22N2O2S2/c1-10(2)13-7-4-8-18(15,16)14-9-12-6-5-11(3)17-12/h5-6,10,13-14H,4,7-9H2,1-3H3. The van der Waals surface area contributed by atoms with Crippen LogP contribution in [0.25, 0.3) is 0 Å². The van der Waals surface area contributed by atoms with E-state index in [0.29, 0.717) is 19.0 Å². The molecule has 2 N–H and O–H groups in total. The number of sulfonamides is 1. The molecule has 0 aliphatic rings. The first-order valence-electron chi connectivity index (χ1n) is 6.15. The molecule has 1 rings (SSSR count). The molecule has 0 aliphatic heterocycles. The Kier molecular flexibility index (Phi) is 6.28. The Bertz CT molecular complexity index is 452. The summed E-state index contributed by atoms with van der Waals surface area (Å²) in [6.45, 7) is 7.24. The van der Waals surface area contributed by atoms with E-state index >= 15 is 0 Å². The zero-order valence-electron chi connectivity index (χ0n) is 11.2. The summed E-state index contributed by atoms with van der Waals surface area (Å²) in [6, 6.07) is 4.36. The quantitative estimate of drug-likeness (QED) is 0.719. The molecule has 0 aliphatic carbocycles. The maximum Gasteiger partial charge on any atom is 0.211 e. The van der Waals surface area contributed by atoms with Gasteiger partial charge in [-0.3, -0.25) is 0 Å². The monoisotopic (exact) mass is 290 g/mol. The second kappa shape index (κ2) is 7.23. The van der Waals surface area contributed by atoms with Crippen LogP contribution in [0.2, 0.25) is 0 Å². The van der Waals surface area contributed by atoms with Crippen LogP contribution < -0.4 is 10.0 Å². The molecule has 0 radical (unpaired) electrons. The van der Waals surface area contributed by atoms with Crippen molar-refractivity contribution in [2.75, 3.05) is 12.3 Å². The third-order valence-electron chi connectivity index (χ3n) is 2.40. The average Bonchev–Trinajstić information content (AvgIpc) is 2.68. The van der Waals surface area contributed by atoms with E-state index in [2.05, 4.69) is 10.0 Å². The summed E-state index contributed by atoms with van der Waals surface area (Å²) in [5.41, 5.74) is 0. The van der Waals surface area contributed by atoms with Crippen LogP contribution >= 0.6 is 11.3 Å². The van der Waals surface area contributed by atoms with Gasteiger partial charge in [0.15, 0.2) is 0 Å². The van der Waals surface area contributed by atoms with E-state index in [0.717, 1.165) is 11.4 Å². The van der Waals surface area contributed by atoms with Gasteiger partial charge in [0.05, 0.1) is 5.75 Å². The molecule has 4 nitrogen and oxygen atoms in total. The van der Waals surface area contributed by atoms with Gasteiger partial charge >= 0.3 is 0 Å². The van der Waals surface area contributed by atoms with Crippen LogP contribution in [0.1, 0.15) is 30.0 Å². The molecule has 0 spiro atoms. The topological polar surface area (TPSA) is 58.2 Å². The van der Waals surface area contributed by atoms with E-state index < -0.39 is 10.0 Å². The molecule has 1 aromatic heterocycles. The summed E-state index contributed by atoms with van der Waals surface area (Å²) in [5, 5.41) is 3.21. The molecule has 1 aromatic rings. The van der Waals surface area contributed by atoms with Crippen molar-refractivity contribution in [1.82, 2.24) is 10.0 Å². The van der Waals surface area contributed by atoms with Crippen LogP contribution in [-0.4, -0.2) is 26.8 Å². The van der Waals surface area contributed by atoms with Crippen molar-refractivity contribution < 1.29 is 8.42 Å². The minimum Gasteiger partial charge on any atom is -0.314 e. The molecule has 0 saturated carbocycles. The fourth-order valence-electron chi connectivity index (χ4n) is 1.49. The number of nitrogens with one attached hydrogen (secondary N) is 2. The molecular formula is C12H22N2O2S2. The SMILES string of the molecule is Cc1ccc(CNS(=O)(=O)CCCNC(C)C)s1. The van der Waals surface area contributed by atoms with Gasteiger partial charge in [-0.05, 0) is 32.0 Å². The van der Waals surface area contributed by atoms with E-state index in [-0.39, 0.29) is 5.75 Å². The Morgan fingerprint density at radius 3 is 2.61 bits per heavy atom. The zero-order valence-corrected chi connectivity index (χ0v) is 12.8. The molecule has 0 unspecified atom stereocenters. The molecule has 0 bridgehead atoms. The summed E-state index contributed by atoms with van der Waals surface area (Å²) in [7, 11) is -3.15. The number of rotatable bonds is 8. The van der Waals surface area contributed by atoms with Crippen LogP contribution in [0.15, 0.2) is 12.1 Å². The predicted molar refractivity (Wildman–Crippen MR) is 77.4 cm³/mol. The van der Waals surface area contributed by atoms with Gasteiger partial charge < -0.3 is 5.32 Å². The Morgan fingerprint density at radius 2 is 2.06 bits per heavy atom. The van der Waals surface area contributed by atoms with Crippen molar-refractivity contribution in [2.45, 2.75) is 39.8 Å².